The fourth-order valence-electron chi connectivity index (χ4n) is 9.22. The Balaban J connectivity index is 2.06. The Morgan fingerprint density at radius 3 is 1.28 bits per heavy atom. The summed E-state index contributed by atoms with van der Waals surface area (Å²) in [5.41, 5.74) is 0. The average Bonchev–Trinajstić information content (AvgIpc) is 3.33. The lowest BCUT2D eigenvalue weighted by atomic mass is 9.85. The number of rotatable bonds is 48. The quantitative estimate of drug-likeness (QED) is 0.0158. The van der Waals surface area contributed by atoms with Crippen molar-refractivity contribution < 1.29 is 59.0 Å². The van der Waals surface area contributed by atoms with Crippen molar-refractivity contribution in [1.29, 1.82) is 0 Å². The zero-order valence-corrected chi connectivity index (χ0v) is 44.6. The molecule has 14 heteroatoms. The molecule has 0 aliphatic heterocycles. The third kappa shape index (κ3) is 35.6. The molecular weight excluding hydrogens is 898 g/mol. The van der Waals surface area contributed by atoms with Crippen molar-refractivity contribution in [3.63, 3.8) is 0 Å². The summed E-state index contributed by atoms with van der Waals surface area (Å²) in [5, 5.41) is 74.1. The Labute approximate surface area is 420 Å². The highest BCUT2D eigenvalue weighted by molar-refractivity contribution is 7.47. The Morgan fingerprint density at radius 1 is 0.507 bits per heavy atom. The number of unbranched alkanes of at least 4 members (excludes halogenated alkanes) is 31. The molecule has 8 unspecified atom stereocenters. The van der Waals surface area contributed by atoms with E-state index in [-0.39, 0.29) is 12.8 Å². The van der Waals surface area contributed by atoms with Gasteiger partial charge in [0.15, 0.2) is 0 Å². The third-order valence-electron chi connectivity index (χ3n) is 13.8. The van der Waals surface area contributed by atoms with Crippen LogP contribution in [-0.2, 0) is 18.4 Å². The molecule has 0 aromatic carbocycles. The first-order valence-corrected chi connectivity index (χ1v) is 29.9. The van der Waals surface area contributed by atoms with E-state index in [2.05, 4.69) is 36.5 Å². The molecule has 1 amide bonds. The topological polar surface area (TPSA) is 226 Å². The van der Waals surface area contributed by atoms with Crippen molar-refractivity contribution in [2.45, 2.75) is 313 Å². The molecule has 1 rings (SSSR count). The van der Waals surface area contributed by atoms with E-state index in [1.54, 1.807) is 0 Å². The van der Waals surface area contributed by atoms with Gasteiger partial charge in [0, 0.05) is 0 Å². The lowest BCUT2D eigenvalue weighted by molar-refractivity contribution is -0.220. The van der Waals surface area contributed by atoms with Crippen LogP contribution in [0.15, 0.2) is 24.3 Å². The maximum atomic E-state index is 12.9. The largest absolute Gasteiger partial charge is 0.472 e. The fraction of sp³-hybridized carbons (Fsp3) is 0.909. The van der Waals surface area contributed by atoms with Gasteiger partial charge < -0.3 is 46.0 Å². The third-order valence-corrected chi connectivity index (χ3v) is 14.8. The lowest BCUT2D eigenvalue weighted by Crippen LogP contribution is -2.64. The standard InChI is InChI=1S/C55H106NO12P/c1-3-5-7-9-10-11-12-13-14-15-16-17-18-19-20-21-22-23-24-25-26-27-28-29-30-31-32-33-34-35-36-37-38-39-40-42-46(57)44-49(59)56-47(48(58)43-41-8-6-4-2)45-67-69(65,66)68-55-53(63)51(61)50(60)52(62)54(55)64/h20-21,23-24,46-48,50-55,57-58,60-64H,3-19,22,25-45H2,1-2H3,(H,56,59)(H,65,66)/b21-20-,24-23-. The fourth-order valence-corrected chi connectivity index (χ4v) is 10.2. The maximum Gasteiger partial charge on any atom is 0.472 e. The highest BCUT2D eigenvalue weighted by atomic mass is 31.2. The molecule has 0 heterocycles. The van der Waals surface area contributed by atoms with Crippen molar-refractivity contribution in [1.82, 2.24) is 5.32 Å². The predicted octanol–water partition coefficient (Wildman–Crippen LogP) is 11.5. The average molecular weight is 1000 g/mol. The molecular formula is C55H106NO12P. The summed E-state index contributed by atoms with van der Waals surface area (Å²) in [7, 11) is -5.10. The highest BCUT2D eigenvalue weighted by Gasteiger charge is 2.51. The van der Waals surface area contributed by atoms with Gasteiger partial charge in [-0.25, -0.2) is 4.57 Å². The van der Waals surface area contributed by atoms with Gasteiger partial charge in [0.2, 0.25) is 5.91 Å². The molecule has 13 nitrogen and oxygen atoms in total. The van der Waals surface area contributed by atoms with E-state index in [1.807, 2.05) is 6.92 Å². The number of nitrogens with one attached hydrogen (secondary N) is 1. The van der Waals surface area contributed by atoms with Crippen LogP contribution in [0.25, 0.3) is 0 Å². The lowest BCUT2D eigenvalue weighted by Gasteiger charge is -2.41. The molecule has 1 aliphatic rings. The molecule has 1 saturated carbocycles. The number of carbonyl (C=O) groups excluding carboxylic acids is 1. The van der Waals surface area contributed by atoms with Gasteiger partial charge in [-0.2, -0.15) is 0 Å². The first-order chi connectivity index (χ1) is 33.3. The number of phosphoric ester groups is 1. The number of allylic oxidation sites excluding steroid dienone is 4. The number of hydrogen-bond acceptors (Lipinski definition) is 11. The zero-order valence-electron chi connectivity index (χ0n) is 43.7. The van der Waals surface area contributed by atoms with Gasteiger partial charge >= 0.3 is 7.82 Å². The van der Waals surface area contributed by atoms with Crippen LogP contribution in [0.1, 0.15) is 258 Å². The maximum absolute atomic E-state index is 12.9. The Bertz CT molecular complexity index is 1270. The normalized spacial score (nSPS) is 22.1. The number of hydrogen-bond donors (Lipinski definition) is 9. The second-order valence-corrected chi connectivity index (χ2v) is 21.7. The summed E-state index contributed by atoms with van der Waals surface area (Å²) >= 11 is 0. The SMILES string of the molecule is CCCCCCCCCCCCCCC/C=C\C/C=C\CCCCCCCCCCCCCCCCCC(O)CC(=O)NC(COP(=O)(O)OC1C(O)C(O)C(O)C(O)C1O)C(O)CCCCCC. The minimum atomic E-state index is -5.10. The van der Waals surface area contributed by atoms with Gasteiger partial charge in [-0.05, 0) is 44.9 Å². The molecule has 0 radical (unpaired) electrons. The number of amides is 1. The first kappa shape index (κ1) is 65.8. The van der Waals surface area contributed by atoms with E-state index in [0.29, 0.717) is 12.8 Å². The predicted molar refractivity (Wildman–Crippen MR) is 280 cm³/mol. The van der Waals surface area contributed by atoms with Gasteiger partial charge in [-0.15, -0.1) is 0 Å². The molecule has 408 valence electrons. The van der Waals surface area contributed by atoms with Crippen molar-refractivity contribution in [2.24, 2.45) is 0 Å². The minimum absolute atomic E-state index is 0.222. The van der Waals surface area contributed by atoms with E-state index in [4.69, 9.17) is 9.05 Å². The molecule has 69 heavy (non-hydrogen) atoms. The summed E-state index contributed by atoms with van der Waals surface area (Å²) in [4.78, 5) is 23.3. The van der Waals surface area contributed by atoms with Crippen molar-refractivity contribution in [2.75, 3.05) is 6.61 Å². The van der Waals surface area contributed by atoms with Gasteiger partial charge in [0.25, 0.3) is 0 Å². The van der Waals surface area contributed by atoms with Crippen molar-refractivity contribution in [3.8, 4) is 0 Å². The second kappa shape index (κ2) is 44.3. The molecule has 0 aromatic rings. The van der Waals surface area contributed by atoms with Crippen LogP contribution in [0.2, 0.25) is 0 Å². The van der Waals surface area contributed by atoms with Gasteiger partial charge in [0.1, 0.15) is 36.6 Å². The molecule has 1 aliphatic carbocycles. The van der Waals surface area contributed by atoms with E-state index >= 15 is 0 Å². The molecule has 0 spiro atoms. The van der Waals surface area contributed by atoms with Crippen molar-refractivity contribution >= 4 is 13.7 Å². The number of aliphatic hydroxyl groups is 7. The molecule has 9 N–H and O–H groups in total. The van der Waals surface area contributed by atoms with Crippen LogP contribution < -0.4 is 5.32 Å². The highest BCUT2D eigenvalue weighted by Crippen LogP contribution is 2.47. The monoisotopic (exact) mass is 1000 g/mol. The van der Waals surface area contributed by atoms with E-state index < -0.39 is 75.2 Å². The van der Waals surface area contributed by atoms with Crippen molar-refractivity contribution in [3.05, 3.63) is 24.3 Å². The Hall–Kier alpha value is -1.22. The summed E-state index contributed by atoms with van der Waals surface area (Å²) in [5.74, 6) is -0.567. The second-order valence-electron chi connectivity index (χ2n) is 20.3. The van der Waals surface area contributed by atoms with E-state index in [9.17, 15) is 50.0 Å². The number of aliphatic hydroxyl groups excluding tert-OH is 7. The van der Waals surface area contributed by atoms with Crippen LogP contribution in [-0.4, -0.2) is 108 Å². The van der Waals surface area contributed by atoms with E-state index in [1.165, 1.54) is 167 Å². The molecule has 0 bridgehead atoms. The van der Waals surface area contributed by atoms with Crippen LogP contribution in [0.5, 0.6) is 0 Å². The summed E-state index contributed by atoms with van der Waals surface area (Å²) in [6, 6.07) is -1.15. The van der Waals surface area contributed by atoms with Crippen LogP contribution in [0.4, 0.5) is 0 Å². The minimum Gasteiger partial charge on any atom is -0.393 e. The number of carbonyl (C=O) groups is 1. The number of phosphoric acid groups is 1. The van der Waals surface area contributed by atoms with Crippen LogP contribution in [0.3, 0.4) is 0 Å². The molecule has 8 atom stereocenters. The molecule has 0 saturated heterocycles. The molecule has 1 fully saturated rings. The van der Waals surface area contributed by atoms with E-state index in [0.717, 1.165) is 51.4 Å². The van der Waals surface area contributed by atoms with Crippen LogP contribution in [0, 0.1) is 0 Å². The molecule has 0 aromatic heterocycles. The van der Waals surface area contributed by atoms with Crippen LogP contribution >= 0.6 is 7.82 Å². The summed E-state index contributed by atoms with van der Waals surface area (Å²) in [6.07, 6.45) is 39.6. The van der Waals surface area contributed by atoms with Gasteiger partial charge in [-0.3, -0.25) is 13.8 Å². The van der Waals surface area contributed by atoms with Gasteiger partial charge in [0.05, 0.1) is 31.3 Å². The summed E-state index contributed by atoms with van der Waals surface area (Å²) in [6.45, 7) is 3.64. The first-order valence-electron chi connectivity index (χ1n) is 28.4. The Morgan fingerprint density at radius 2 is 0.855 bits per heavy atom. The smallest absolute Gasteiger partial charge is 0.393 e. The Kier molecular flexibility index (Phi) is 42.2. The summed E-state index contributed by atoms with van der Waals surface area (Å²) < 4.78 is 22.7. The van der Waals surface area contributed by atoms with Gasteiger partial charge in [-0.1, -0.05) is 231 Å². The zero-order chi connectivity index (χ0) is 50.8.